The van der Waals surface area contributed by atoms with Crippen molar-refractivity contribution in [3.8, 4) is 0 Å². The molecule has 1 unspecified atom stereocenters. The summed E-state index contributed by atoms with van der Waals surface area (Å²) in [6, 6.07) is 10.2. The van der Waals surface area contributed by atoms with Crippen LogP contribution in [0, 0.1) is 5.82 Å². The molecule has 0 radical (unpaired) electrons. The number of benzene rings is 2. The molecule has 8 nitrogen and oxygen atoms in total. The zero-order valence-electron chi connectivity index (χ0n) is 18.5. The normalized spacial score (nSPS) is 15.1. The number of carbonyl (C=O) groups is 3. The van der Waals surface area contributed by atoms with Crippen molar-refractivity contribution in [1.82, 2.24) is 14.5 Å². The van der Waals surface area contributed by atoms with Crippen molar-refractivity contribution < 1.29 is 27.2 Å². The lowest BCUT2D eigenvalue weighted by molar-refractivity contribution is -0.140. The van der Waals surface area contributed by atoms with Gasteiger partial charge in [0, 0.05) is 13.1 Å². The molecular formula is C23H26FN3O5S. The number of nitrogens with one attached hydrogen (secondary N) is 1. The number of nitrogens with zero attached hydrogens (tertiary/aromatic N) is 2. The van der Waals surface area contributed by atoms with Gasteiger partial charge < -0.3 is 10.2 Å². The maximum Gasteiger partial charge on any atom is 0.269 e. The van der Waals surface area contributed by atoms with Crippen LogP contribution in [0.4, 0.5) is 4.39 Å². The summed E-state index contributed by atoms with van der Waals surface area (Å²) < 4.78 is 39.5. The van der Waals surface area contributed by atoms with Crippen molar-refractivity contribution in [3.63, 3.8) is 0 Å². The Morgan fingerprint density at radius 1 is 1.12 bits per heavy atom. The van der Waals surface area contributed by atoms with E-state index in [0.29, 0.717) is 16.4 Å². The van der Waals surface area contributed by atoms with Crippen molar-refractivity contribution in [2.75, 3.05) is 13.1 Å². The van der Waals surface area contributed by atoms with Crippen LogP contribution in [0.1, 0.15) is 42.6 Å². The number of hydrogen-bond donors (Lipinski definition) is 1. The molecule has 1 aliphatic heterocycles. The summed E-state index contributed by atoms with van der Waals surface area (Å²) in [6.45, 7) is 3.13. The number of sulfonamides is 1. The minimum Gasteiger partial charge on any atom is -0.354 e. The van der Waals surface area contributed by atoms with Gasteiger partial charge in [-0.15, -0.1) is 0 Å². The van der Waals surface area contributed by atoms with Gasteiger partial charge in [0.2, 0.25) is 11.8 Å². The molecule has 1 atom stereocenters. The molecule has 1 N–H and O–H groups in total. The Kier molecular flexibility index (Phi) is 7.47. The lowest BCUT2D eigenvalue weighted by atomic mass is 10.1. The molecule has 176 valence electrons. The summed E-state index contributed by atoms with van der Waals surface area (Å²) in [4.78, 5) is 39.6. The Morgan fingerprint density at radius 2 is 1.79 bits per heavy atom. The van der Waals surface area contributed by atoms with Gasteiger partial charge in [0.05, 0.1) is 5.56 Å². The highest BCUT2D eigenvalue weighted by atomic mass is 32.2. The first-order chi connectivity index (χ1) is 15.7. The largest absolute Gasteiger partial charge is 0.354 e. The summed E-state index contributed by atoms with van der Waals surface area (Å²) in [5.41, 5.74) is 0.553. The molecule has 10 heteroatoms. The monoisotopic (exact) mass is 475 g/mol. The first-order valence-corrected chi connectivity index (χ1v) is 12.1. The third kappa shape index (κ3) is 5.22. The van der Waals surface area contributed by atoms with Crippen molar-refractivity contribution in [1.29, 1.82) is 0 Å². The number of unbranched alkanes of at least 4 members (excludes halogenated alkanes) is 1. The topological polar surface area (TPSA) is 104 Å². The Morgan fingerprint density at radius 3 is 2.42 bits per heavy atom. The highest BCUT2D eigenvalue weighted by Gasteiger charge is 2.43. The average Bonchev–Trinajstić information content (AvgIpc) is 2.99. The molecular weight excluding hydrogens is 449 g/mol. The smallest absolute Gasteiger partial charge is 0.269 e. The molecule has 0 aliphatic carbocycles. The minimum atomic E-state index is -4.18. The van der Waals surface area contributed by atoms with E-state index in [1.807, 2.05) is 6.92 Å². The quantitative estimate of drug-likeness (QED) is 0.561. The maximum atomic E-state index is 13.3. The zero-order valence-corrected chi connectivity index (χ0v) is 19.3. The third-order valence-corrected chi connectivity index (χ3v) is 7.24. The van der Waals surface area contributed by atoms with Crippen LogP contribution in [0.25, 0.3) is 0 Å². The van der Waals surface area contributed by atoms with Gasteiger partial charge in [-0.1, -0.05) is 37.6 Å². The van der Waals surface area contributed by atoms with Crippen molar-refractivity contribution in [2.24, 2.45) is 0 Å². The van der Waals surface area contributed by atoms with Crippen molar-refractivity contribution in [2.45, 2.75) is 44.2 Å². The number of hydrogen-bond acceptors (Lipinski definition) is 5. The van der Waals surface area contributed by atoms with E-state index in [2.05, 4.69) is 5.32 Å². The first-order valence-electron chi connectivity index (χ1n) is 10.6. The minimum absolute atomic E-state index is 0.000687. The molecule has 1 aliphatic rings. The van der Waals surface area contributed by atoms with E-state index in [1.54, 1.807) is 6.07 Å². The predicted molar refractivity (Wildman–Crippen MR) is 119 cm³/mol. The fourth-order valence-corrected chi connectivity index (χ4v) is 5.02. The number of fused-ring (bicyclic) bond motifs is 1. The van der Waals surface area contributed by atoms with E-state index in [0.717, 1.165) is 12.8 Å². The molecule has 33 heavy (non-hydrogen) atoms. The predicted octanol–water partition coefficient (Wildman–Crippen LogP) is 2.30. The highest BCUT2D eigenvalue weighted by Crippen LogP contribution is 2.30. The van der Waals surface area contributed by atoms with Crippen LogP contribution in [-0.2, 0) is 26.2 Å². The van der Waals surface area contributed by atoms with Gasteiger partial charge in [0.1, 0.15) is 23.3 Å². The molecule has 1 heterocycles. The number of amides is 3. The Labute approximate surface area is 192 Å². The average molecular weight is 476 g/mol. The molecule has 0 spiro atoms. The Balaban J connectivity index is 1.85. The SMILES string of the molecule is CCCCNC(=O)C(C)N(Cc1ccc(F)cc1)C(=O)CN1C(=O)c2ccccc2S1(=O)=O. The zero-order chi connectivity index (χ0) is 24.2. The van der Waals surface area contributed by atoms with Gasteiger partial charge in [-0.05, 0) is 43.2 Å². The summed E-state index contributed by atoms with van der Waals surface area (Å²) in [5, 5.41) is 2.75. The second kappa shape index (κ2) is 10.1. The highest BCUT2D eigenvalue weighted by molar-refractivity contribution is 7.90. The molecule has 2 aromatic rings. The molecule has 3 amide bonds. The molecule has 0 aromatic heterocycles. The van der Waals surface area contributed by atoms with Crippen LogP contribution in [0.2, 0.25) is 0 Å². The van der Waals surface area contributed by atoms with Crippen LogP contribution < -0.4 is 5.32 Å². The molecule has 0 bridgehead atoms. The molecule has 3 rings (SSSR count). The summed E-state index contributed by atoms with van der Waals surface area (Å²) in [7, 11) is -4.18. The molecule has 0 saturated heterocycles. The molecule has 0 fully saturated rings. The van der Waals surface area contributed by atoms with E-state index in [9.17, 15) is 27.2 Å². The summed E-state index contributed by atoms with van der Waals surface area (Å²) in [6.07, 6.45) is 1.64. The van der Waals surface area contributed by atoms with E-state index >= 15 is 0 Å². The molecule has 0 saturated carbocycles. The fraction of sp³-hybridized carbons (Fsp3) is 0.348. The second-order valence-electron chi connectivity index (χ2n) is 7.78. The standard InChI is InChI=1S/C23H26FN3O5S/c1-3-4-13-25-22(29)16(2)26(14-17-9-11-18(24)12-10-17)21(28)15-27-23(30)19-7-5-6-8-20(19)33(27,31)32/h5-12,16H,3-4,13-15H2,1-2H3,(H,25,29). The Bertz CT molecular complexity index is 1150. The van der Waals surface area contributed by atoms with Gasteiger partial charge in [-0.3, -0.25) is 14.4 Å². The number of halogens is 1. The van der Waals surface area contributed by atoms with Crippen molar-refractivity contribution in [3.05, 3.63) is 65.5 Å². The van der Waals surface area contributed by atoms with E-state index in [-0.39, 0.29) is 17.0 Å². The van der Waals surface area contributed by atoms with Gasteiger partial charge >= 0.3 is 0 Å². The van der Waals surface area contributed by atoms with Gasteiger partial charge in [0.25, 0.3) is 15.9 Å². The van der Waals surface area contributed by atoms with Gasteiger partial charge in [-0.25, -0.2) is 17.1 Å². The first kappa shape index (κ1) is 24.4. The summed E-state index contributed by atoms with van der Waals surface area (Å²) >= 11 is 0. The van der Waals surface area contributed by atoms with Crippen LogP contribution in [0.3, 0.4) is 0 Å². The van der Waals surface area contributed by atoms with E-state index in [1.165, 1.54) is 54.3 Å². The fourth-order valence-electron chi connectivity index (χ4n) is 3.51. The number of carbonyl (C=O) groups excluding carboxylic acids is 3. The summed E-state index contributed by atoms with van der Waals surface area (Å²) in [5.74, 6) is -2.37. The van der Waals surface area contributed by atoms with Gasteiger partial charge in [0.15, 0.2) is 0 Å². The van der Waals surface area contributed by atoms with E-state index in [4.69, 9.17) is 0 Å². The van der Waals surface area contributed by atoms with Crippen LogP contribution >= 0.6 is 0 Å². The Hall–Kier alpha value is -3.27. The second-order valence-corrected chi connectivity index (χ2v) is 9.61. The van der Waals surface area contributed by atoms with Crippen LogP contribution in [0.5, 0.6) is 0 Å². The lowest BCUT2D eigenvalue weighted by Crippen LogP contribution is -2.51. The maximum absolute atomic E-state index is 13.3. The third-order valence-electron chi connectivity index (χ3n) is 5.45. The lowest BCUT2D eigenvalue weighted by Gasteiger charge is -2.30. The van der Waals surface area contributed by atoms with Crippen LogP contribution in [0.15, 0.2) is 53.4 Å². The van der Waals surface area contributed by atoms with E-state index < -0.39 is 46.1 Å². The number of rotatable bonds is 9. The van der Waals surface area contributed by atoms with Crippen LogP contribution in [-0.4, -0.2) is 54.5 Å². The van der Waals surface area contributed by atoms with Crippen molar-refractivity contribution >= 4 is 27.7 Å². The molecule has 2 aromatic carbocycles. The van der Waals surface area contributed by atoms with Gasteiger partial charge in [-0.2, -0.15) is 0 Å².